The Kier molecular flexibility index (Phi) is 5.95. The van der Waals surface area contributed by atoms with Gasteiger partial charge in [0.15, 0.2) is 5.84 Å². The third-order valence-corrected chi connectivity index (χ3v) is 3.92. The van der Waals surface area contributed by atoms with Crippen LogP contribution >= 0.6 is 0 Å². The zero-order valence-corrected chi connectivity index (χ0v) is 11.4. The standard InChI is InChI=1S/C13H25N3O2/c1-3-11(12(14)16-18)13(17)15-9(2)10-7-5-4-6-8-10/h9-11,18H,3-8H2,1-2H3,(H2,14,16)(H,15,17). The third kappa shape index (κ3) is 3.89. The van der Waals surface area contributed by atoms with Gasteiger partial charge in [-0.1, -0.05) is 31.3 Å². The van der Waals surface area contributed by atoms with Gasteiger partial charge >= 0.3 is 0 Å². The van der Waals surface area contributed by atoms with Crippen molar-refractivity contribution < 1.29 is 10.0 Å². The van der Waals surface area contributed by atoms with Crippen LogP contribution in [0.25, 0.3) is 0 Å². The maximum Gasteiger partial charge on any atom is 0.231 e. The predicted molar refractivity (Wildman–Crippen MR) is 71.4 cm³/mol. The van der Waals surface area contributed by atoms with Gasteiger partial charge in [0.25, 0.3) is 0 Å². The molecule has 4 N–H and O–H groups in total. The van der Waals surface area contributed by atoms with Crippen LogP contribution in [0, 0.1) is 11.8 Å². The smallest absolute Gasteiger partial charge is 0.231 e. The van der Waals surface area contributed by atoms with E-state index in [9.17, 15) is 4.79 Å². The molecule has 0 spiro atoms. The van der Waals surface area contributed by atoms with Crippen molar-refractivity contribution >= 4 is 11.7 Å². The zero-order valence-electron chi connectivity index (χ0n) is 11.4. The first-order valence-electron chi connectivity index (χ1n) is 6.87. The van der Waals surface area contributed by atoms with Crippen LogP contribution in [0.4, 0.5) is 0 Å². The summed E-state index contributed by atoms with van der Waals surface area (Å²) in [5.74, 6) is -0.106. The van der Waals surface area contributed by atoms with E-state index < -0.39 is 5.92 Å². The highest BCUT2D eigenvalue weighted by Gasteiger charge is 2.26. The van der Waals surface area contributed by atoms with E-state index in [4.69, 9.17) is 10.9 Å². The topological polar surface area (TPSA) is 87.7 Å². The van der Waals surface area contributed by atoms with E-state index in [0.717, 1.165) is 0 Å². The molecule has 0 radical (unpaired) electrons. The summed E-state index contributed by atoms with van der Waals surface area (Å²) in [4.78, 5) is 12.0. The number of amidine groups is 1. The Morgan fingerprint density at radius 1 is 1.44 bits per heavy atom. The summed E-state index contributed by atoms with van der Waals surface area (Å²) in [7, 11) is 0. The Balaban J connectivity index is 2.51. The van der Waals surface area contributed by atoms with Crippen molar-refractivity contribution in [3.63, 3.8) is 0 Å². The fourth-order valence-electron chi connectivity index (χ4n) is 2.68. The molecule has 1 amide bonds. The molecular weight excluding hydrogens is 230 g/mol. The van der Waals surface area contributed by atoms with Gasteiger partial charge in [0.2, 0.25) is 5.91 Å². The van der Waals surface area contributed by atoms with E-state index in [0.29, 0.717) is 12.3 Å². The largest absolute Gasteiger partial charge is 0.409 e. The van der Waals surface area contributed by atoms with Crippen molar-refractivity contribution in [1.82, 2.24) is 5.32 Å². The minimum atomic E-state index is -0.527. The number of oxime groups is 1. The van der Waals surface area contributed by atoms with Gasteiger partial charge in [-0.05, 0) is 32.1 Å². The number of nitrogens with one attached hydrogen (secondary N) is 1. The van der Waals surface area contributed by atoms with E-state index in [2.05, 4.69) is 10.5 Å². The number of amides is 1. The molecule has 0 heterocycles. The maximum atomic E-state index is 12.0. The molecule has 5 heteroatoms. The molecule has 18 heavy (non-hydrogen) atoms. The highest BCUT2D eigenvalue weighted by molar-refractivity contribution is 6.02. The number of hydrogen-bond donors (Lipinski definition) is 3. The van der Waals surface area contributed by atoms with E-state index in [1.165, 1.54) is 32.1 Å². The molecule has 1 saturated carbocycles. The minimum Gasteiger partial charge on any atom is -0.409 e. The molecule has 0 aromatic carbocycles. The lowest BCUT2D eigenvalue weighted by Gasteiger charge is -2.29. The Bertz CT molecular complexity index is 299. The summed E-state index contributed by atoms with van der Waals surface area (Å²) in [6, 6.07) is 0.165. The number of rotatable bonds is 5. The molecule has 104 valence electrons. The molecular formula is C13H25N3O2. The molecule has 2 unspecified atom stereocenters. The molecule has 1 aliphatic carbocycles. The van der Waals surface area contributed by atoms with Crippen molar-refractivity contribution in [3.8, 4) is 0 Å². The van der Waals surface area contributed by atoms with Gasteiger partial charge in [-0.3, -0.25) is 4.79 Å². The van der Waals surface area contributed by atoms with Gasteiger partial charge in [0, 0.05) is 6.04 Å². The van der Waals surface area contributed by atoms with Gasteiger partial charge in [0.05, 0.1) is 5.92 Å². The van der Waals surface area contributed by atoms with Crippen molar-refractivity contribution in [2.24, 2.45) is 22.7 Å². The van der Waals surface area contributed by atoms with Gasteiger partial charge in [-0.2, -0.15) is 0 Å². The predicted octanol–water partition coefficient (Wildman–Crippen LogP) is 1.84. The van der Waals surface area contributed by atoms with Gasteiger partial charge in [-0.25, -0.2) is 0 Å². The quantitative estimate of drug-likeness (QED) is 0.303. The molecule has 1 aliphatic rings. The molecule has 0 bridgehead atoms. The third-order valence-electron chi connectivity index (χ3n) is 3.92. The van der Waals surface area contributed by atoms with E-state index in [1.807, 2.05) is 13.8 Å². The van der Waals surface area contributed by atoms with Crippen LogP contribution in [0.5, 0.6) is 0 Å². The van der Waals surface area contributed by atoms with E-state index in [-0.39, 0.29) is 17.8 Å². The molecule has 0 saturated heterocycles. The highest BCUT2D eigenvalue weighted by atomic mass is 16.4. The van der Waals surface area contributed by atoms with Crippen molar-refractivity contribution in [2.45, 2.75) is 58.4 Å². The molecule has 1 rings (SSSR count). The first-order chi connectivity index (χ1) is 8.60. The SMILES string of the molecule is CCC(C(=O)NC(C)C1CCCCC1)C(N)=NO. The van der Waals surface area contributed by atoms with E-state index >= 15 is 0 Å². The molecule has 0 aromatic heterocycles. The number of nitrogens with zero attached hydrogens (tertiary/aromatic N) is 1. The van der Waals surface area contributed by atoms with Crippen LogP contribution in [-0.4, -0.2) is 23.0 Å². The average molecular weight is 255 g/mol. The number of carbonyl (C=O) groups is 1. The summed E-state index contributed by atoms with van der Waals surface area (Å²) in [6.45, 7) is 3.90. The minimum absolute atomic E-state index is 0.00848. The van der Waals surface area contributed by atoms with Gasteiger partial charge in [0.1, 0.15) is 0 Å². The molecule has 0 aliphatic heterocycles. The van der Waals surface area contributed by atoms with Crippen LogP contribution in [0.3, 0.4) is 0 Å². The molecule has 1 fully saturated rings. The zero-order chi connectivity index (χ0) is 13.5. The maximum absolute atomic E-state index is 12.0. The van der Waals surface area contributed by atoms with Crippen molar-refractivity contribution in [3.05, 3.63) is 0 Å². The summed E-state index contributed by atoms with van der Waals surface area (Å²) in [5.41, 5.74) is 5.52. The molecule has 0 aromatic rings. The first-order valence-corrected chi connectivity index (χ1v) is 6.87. The summed E-state index contributed by atoms with van der Waals surface area (Å²) >= 11 is 0. The second-order valence-corrected chi connectivity index (χ2v) is 5.18. The lowest BCUT2D eigenvalue weighted by atomic mass is 9.84. The van der Waals surface area contributed by atoms with Crippen LogP contribution in [0.1, 0.15) is 52.4 Å². The average Bonchev–Trinajstić information content (AvgIpc) is 2.40. The van der Waals surface area contributed by atoms with Crippen molar-refractivity contribution in [2.75, 3.05) is 0 Å². The monoisotopic (exact) mass is 255 g/mol. The Hall–Kier alpha value is -1.26. The number of carbonyl (C=O) groups excluding carboxylic acids is 1. The van der Waals surface area contributed by atoms with Crippen LogP contribution in [-0.2, 0) is 4.79 Å². The Labute approximate surface area is 109 Å². The van der Waals surface area contributed by atoms with Gasteiger partial charge in [-0.15, -0.1) is 0 Å². The summed E-state index contributed by atoms with van der Waals surface area (Å²) in [6.07, 6.45) is 6.71. The summed E-state index contributed by atoms with van der Waals surface area (Å²) < 4.78 is 0. The van der Waals surface area contributed by atoms with E-state index in [1.54, 1.807) is 0 Å². The molecule has 2 atom stereocenters. The Morgan fingerprint density at radius 2 is 2.06 bits per heavy atom. The Morgan fingerprint density at radius 3 is 2.56 bits per heavy atom. The number of hydrogen-bond acceptors (Lipinski definition) is 3. The number of nitrogens with two attached hydrogens (primary N) is 1. The highest BCUT2D eigenvalue weighted by Crippen LogP contribution is 2.26. The fraction of sp³-hybridized carbons (Fsp3) is 0.846. The van der Waals surface area contributed by atoms with Crippen LogP contribution in [0.2, 0.25) is 0 Å². The van der Waals surface area contributed by atoms with Crippen molar-refractivity contribution in [1.29, 1.82) is 0 Å². The van der Waals surface area contributed by atoms with Crippen LogP contribution < -0.4 is 11.1 Å². The second-order valence-electron chi connectivity index (χ2n) is 5.18. The normalized spacial score (nSPS) is 21.3. The van der Waals surface area contributed by atoms with Gasteiger partial charge < -0.3 is 16.3 Å². The first kappa shape index (κ1) is 14.8. The summed E-state index contributed by atoms with van der Waals surface area (Å²) in [5, 5.41) is 14.6. The molecule has 5 nitrogen and oxygen atoms in total. The van der Waals surface area contributed by atoms with Crippen LogP contribution in [0.15, 0.2) is 5.16 Å². The lowest BCUT2D eigenvalue weighted by molar-refractivity contribution is -0.124. The second kappa shape index (κ2) is 7.24. The lowest BCUT2D eigenvalue weighted by Crippen LogP contribution is -2.45. The fourth-order valence-corrected chi connectivity index (χ4v) is 2.68.